The van der Waals surface area contributed by atoms with Crippen molar-refractivity contribution < 1.29 is 4.74 Å². The zero-order chi connectivity index (χ0) is 9.60. The Kier molecular flexibility index (Phi) is 2.06. The molecule has 1 N–H and O–H groups in total. The minimum atomic E-state index is 0.432. The van der Waals surface area contributed by atoms with Gasteiger partial charge in [0.2, 0.25) is 0 Å². The summed E-state index contributed by atoms with van der Waals surface area (Å²) in [6.07, 6.45) is 0. The molecule has 3 heterocycles. The van der Waals surface area contributed by atoms with E-state index in [1.807, 2.05) is 0 Å². The summed E-state index contributed by atoms with van der Waals surface area (Å²) >= 11 is 0. The summed E-state index contributed by atoms with van der Waals surface area (Å²) in [6, 6.07) is 0.629. The summed E-state index contributed by atoms with van der Waals surface area (Å²) in [5.74, 6) is 0. The number of fused-ring (bicyclic) bond motifs is 2. The van der Waals surface area contributed by atoms with Crippen molar-refractivity contribution in [3.63, 3.8) is 0 Å². The molecule has 3 aliphatic heterocycles. The summed E-state index contributed by atoms with van der Waals surface area (Å²) in [5.41, 5.74) is 0.432. The Morgan fingerprint density at radius 3 is 3.00 bits per heavy atom. The van der Waals surface area contributed by atoms with E-state index in [0.717, 1.165) is 32.8 Å². The van der Waals surface area contributed by atoms with Crippen LogP contribution in [-0.4, -0.2) is 74.4 Å². The first-order valence-corrected chi connectivity index (χ1v) is 5.54. The molecule has 4 heteroatoms. The molecule has 3 rings (SSSR count). The van der Waals surface area contributed by atoms with Gasteiger partial charge in [-0.05, 0) is 7.05 Å². The van der Waals surface area contributed by atoms with E-state index < -0.39 is 0 Å². The fourth-order valence-electron chi connectivity index (χ4n) is 3.18. The molecule has 0 bridgehead atoms. The summed E-state index contributed by atoms with van der Waals surface area (Å²) in [4.78, 5) is 5.14. The topological polar surface area (TPSA) is 27.7 Å². The molecule has 1 unspecified atom stereocenters. The summed E-state index contributed by atoms with van der Waals surface area (Å²) in [7, 11) is 2.23. The lowest BCUT2D eigenvalue weighted by Gasteiger charge is -2.60. The number of likely N-dealkylation sites (N-methyl/N-ethyl adjacent to an activating group) is 1. The minimum absolute atomic E-state index is 0.432. The summed E-state index contributed by atoms with van der Waals surface area (Å²) in [6.45, 7) is 7.67. The van der Waals surface area contributed by atoms with Gasteiger partial charge in [0.05, 0.1) is 18.8 Å². The largest absolute Gasteiger partial charge is 0.378 e. The van der Waals surface area contributed by atoms with Crippen molar-refractivity contribution in [3.8, 4) is 0 Å². The molecule has 3 fully saturated rings. The monoisotopic (exact) mass is 197 g/mol. The van der Waals surface area contributed by atoms with Crippen LogP contribution in [0, 0.1) is 0 Å². The molecule has 0 amide bonds. The molecule has 80 valence electrons. The molecule has 1 spiro atoms. The van der Waals surface area contributed by atoms with E-state index in [-0.39, 0.29) is 0 Å². The number of hydrogen-bond donors (Lipinski definition) is 1. The maximum atomic E-state index is 5.56. The van der Waals surface area contributed by atoms with Gasteiger partial charge in [0.1, 0.15) is 0 Å². The first-order chi connectivity index (χ1) is 6.80. The molecule has 0 radical (unpaired) electrons. The second-order valence-electron chi connectivity index (χ2n) is 4.95. The van der Waals surface area contributed by atoms with Gasteiger partial charge in [-0.25, -0.2) is 0 Å². The van der Waals surface area contributed by atoms with E-state index in [1.54, 1.807) is 0 Å². The van der Waals surface area contributed by atoms with Crippen molar-refractivity contribution in [1.82, 2.24) is 15.1 Å². The first kappa shape index (κ1) is 9.09. The highest BCUT2D eigenvalue weighted by Crippen LogP contribution is 2.30. The molecule has 4 nitrogen and oxygen atoms in total. The van der Waals surface area contributed by atoms with E-state index in [1.165, 1.54) is 13.1 Å². The van der Waals surface area contributed by atoms with Gasteiger partial charge in [0.15, 0.2) is 0 Å². The van der Waals surface area contributed by atoms with Crippen LogP contribution < -0.4 is 5.32 Å². The van der Waals surface area contributed by atoms with Gasteiger partial charge in [-0.3, -0.25) is 4.90 Å². The predicted molar refractivity (Wildman–Crippen MR) is 54.4 cm³/mol. The van der Waals surface area contributed by atoms with Crippen molar-refractivity contribution in [2.24, 2.45) is 0 Å². The Balaban J connectivity index is 1.82. The smallest absolute Gasteiger partial charge is 0.0635 e. The van der Waals surface area contributed by atoms with Gasteiger partial charge in [0.25, 0.3) is 0 Å². The van der Waals surface area contributed by atoms with Crippen molar-refractivity contribution in [2.75, 3.05) is 53.0 Å². The maximum absolute atomic E-state index is 5.56. The van der Waals surface area contributed by atoms with Crippen LogP contribution in [0.2, 0.25) is 0 Å². The normalized spacial score (nSPS) is 37.9. The van der Waals surface area contributed by atoms with Crippen LogP contribution >= 0.6 is 0 Å². The fraction of sp³-hybridized carbons (Fsp3) is 1.00. The van der Waals surface area contributed by atoms with Gasteiger partial charge in [-0.1, -0.05) is 0 Å². The Labute approximate surface area is 85.2 Å². The van der Waals surface area contributed by atoms with Crippen molar-refractivity contribution in [1.29, 1.82) is 0 Å². The number of hydrogen-bond acceptors (Lipinski definition) is 4. The van der Waals surface area contributed by atoms with Crippen molar-refractivity contribution in [2.45, 2.75) is 11.6 Å². The second-order valence-corrected chi connectivity index (χ2v) is 4.95. The van der Waals surface area contributed by atoms with E-state index in [2.05, 4.69) is 22.2 Å². The molecule has 0 aromatic heterocycles. The third-order valence-corrected chi connectivity index (χ3v) is 3.83. The van der Waals surface area contributed by atoms with Crippen LogP contribution in [0.5, 0.6) is 0 Å². The summed E-state index contributed by atoms with van der Waals surface area (Å²) < 4.78 is 5.56. The Morgan fingerprint density at radius 2 is 2.29 bits per heavy atom. The van der Waals surface area contributed by atoms with Crippen molar-refractivity contribution in [3.05, 3.63) is 0 Å². The third kappa shape index (κ3) is 1.21. The fourth-order valence-corrected chi connectivity index (χ4v) is 3.18. The molecular weight excluding hydrogens is 178 g/mol. The van der Waals surface area contributed by atoms with Crippen LogP contribution in [0.25, 0.3) is 0 Å². The molecule has 14 heavy (non-hydrogen) atoms. The molecular formula is C10H19N3O. The molecule has 0 aliphatic carbocycles. The van der Waals surface area contributed by atoms with Gasteiger partial charge in [-0.2, -0.15) is 0 Å². The number of nitrogens with zero attached hydrogens (tertiary/aromatic N) is 2. The van der Waals surface area contributed by atoms with Gasteiger partial charge >= 0.3 is 0 Å². The lowest BCUT2D eigenvalue weighted by molar-refractivity contribution is -0.126. The zero-order valence-corrected chi connectivity index (χ0v) is 8.83. The first-order valence-electron chi connectivity index (χ1n) is 5.54. The van der Waals surface area contributed by atoms with Crippen molar-refractivity contribution >= 4 is 0 Å². The number of nitrogens with one attached hydrogen (secondary N) is 1. The quantitative estimate of drug-likeness (QED) is 0.538. The second kappa shape index (κ2) is 3.17. The van der Waals surface area contributed by atoms with Crippen LogP contribution in [-0.2, 0) is 4.74 Å². The lowest BCUT2D eigenvalue weighted by Crippen LogP contribution is -2.79. The number of morpholine rings is 1. The van der Waals surface area contributed by atoms with Crippen LogP contribution in [0.3, 0.4) is 0 Å². The number of piperazine rings is 1. The highest BCUT2D eigenvalue weighted by atomic mass is 16.5. The highest BCUT2D eigenvalue weighted by Gasteiger charge is 2.49. The molecule has 1 atom stereocenters. The SMILES string of the molecule is CN1CC2COCCN2C2(CNC2)C1. The number of rotatable bonds is 0. The van der Waals surface area contributed by atoms with E-state index >= 15 is 0 Å². The Bertz CT molecular complexity index is 229. The standard InChI is InChI=1S/C10H19N3O/c1-12-4-9-5-14-3-2-13(9)10(8-12)6-11-7-10/h9,11H,2-8H2,1H3. The highest BCUT2D eigenvalue weighted by molar-refractivity contribution is 5.09. The zero-order valence-electron chi connectivity index (χ0n) is 8.83. The van der Waals surface area contributed by atoms with E-state index in [0.29, 0.717) is 11.6 Å². The lowest BCUT2D eigenvalue weighted by atomic mass is 9.85. The molecule has 3 saturated heterocycles. The third-order valence-electron chi connectivity index (χ3n) is 3.83. The van der Waals surface area contributed by atoms with Crippen LogP contribution in [0.4, 0.5) is 0 Å². The Morgan fingerprint density at radius 1 is 1.43 bits per heavy atom. The van der Waals surface area contributed by atoms with Gasteiger partial charge in [0, 0.05) is 38.8 Å². The van der Waals surface area contributed by atoms with Crippen LogP contribution in [0.1, 0.15) is 0 Å². The van der Waals surface area contributed by atoms with Gasteiger partial charge in [-0.15, -0.1) is 0 Å². The molecule has 0 saturated carbocycles. The Hall–Kier alpha value is -0.160. The maximum Gasteiger partial charge on any atom is 0.0635 e. The average Bonchev–Trinajstić information content (AvgIpc) is 2.14. The molecule has 3 aliphatic rings. The molecule has 0 aromatic rings. The van der Waals surface area contributed by atoms with Gasteiger partial charge < -0.3 is 15.0 Å². The number of ether oxygens (including phenoxy) is 1. The average molecular weight is 197 g/mol. The van der Waals surface area contributed by atoms with E-state index in [4.69, 9.17) is 4.74 Å². The molecule has 0 aromatic carbocycles. The van der Waals surface area contributed by atoms with Crippen LogP contribution in [0.15, 0.2) is 0 Å². The van der Waals surface area contributed by atoms with E-state index in [9.17, 15) is 0 Å². The predicted octanol–water partition coefficient (Wildman–Crippen LogP) is -1.03. The minimum Gasteiger partial charge on any atom is -0.378 e. The summed E-state index contributed by atoms with van der Waals surface area (Å²) in [5, 5.41) is 3.42.